The number of nitrogens with zero attached hydrogens (tertiary/aromatic N) is 1. The zero-order chi connectivity index (χ0) is 15.2. The number of benzene rings is 1. The fourth-order valence-corrected chi connectivity index (χ4v) is 2.41. The van der Waals surface area contributed by atoms with Crippen LogP contribution in [0.2, 0.25) is 0 Å². The lowest BCUT2D eigenvalue weighted by Crippen LogP contribution is -2.37. The van der Waals surface area contributed by atoms with Gasteiger partial charge in [0.25, 0.3) is 11.8 Å². The molecule has 0 saturated carbocycles. The van der Waals surface area contributed by atoms with Crippen molar-refractivity contribution in [1.29, 1.82) is 0 Å². The summed E-state index contributed by atoms with van der Waals surface area (Å²) >= 11 is 0. The summed E-state index contributed by atoms with van der Waals surface area (Å²) in [5, 5.41) is 6.26. The minimum absolute atomic E-state index is 0.0652. The largest absolute Gasteiger partial charge is 0.350 e. The minimum atomic E-state index is -0.127. The van der Waals surface area contributed by atoms with E-state index >= 15 is 0 Å². The second-order valence-electron chi connectivity index (χ2n) is 5.40. The highest BCUT2D eigenvalue weighted by molar-refractivity contribution is 5.99. The normalized spacial score (nSPS) is 17.5. The smallest absolute Gasteiger partial charge is 0.253 e. The van der Waals surface area contributed by atoms with E-state index in [1.807, 2.05) is 6.92 Å². The maximum absolute atomic E-state index is 12.2. The van der Waals surface area contributed by atoms with E-state index in [1.165, 1.54) is 0 Å². The number of hydrogen-bond acceptors (Lipinski definition) is 3. The molecule has 1 aromatic carbocycles. The van der Waals surface area contributed by atoms with Gasteiger partial charge in [-0.3, -0.25) is 9.59 Å². The molecule has 0 aromatic heterocycles. The Kier molecular flexibility index (Phi) is 5.33. The minimum Gasteiger partial charge on any atom is -0.350 e. The molecule has 1 aliphatic heterocycles. The molecule has 2 rings (SSSR count). The highest BCUT2D eigenvalue weighted by Gasteiger charge is 2.16. The van der Waals surface area contributed by atoms with Crippen molar-refractivity contribution < 1.29 is 9.59 Å². The van der Waals surface area contributed by atoms with Crippen molar-refractivity contribution in [1.82, 2.24) is 15.5 Å². The summed E-state index contributed by atoms with van der Waals surface area (Å²) in [6, 6.07) is 7.25. The van der Waals surface area contributed by atoms with Crippen molar-refractivity contribution in [2.45, 2.75) is 25.8 Å². The predicted molar refractivity (Wildman–Crippen MR) is 82.4 cm³/mol. The van der Waals surface area contributed by atoms with Crippen LogP contribution >= 0.6 is 0 Å². The molecule has 5 nitrogen and oxygen atoms in total. The summed E-state index contributed by atoms with van der Waals surface area (Å²) in [6.07, 6.45) is 2.26. The van der Waals surface area contributed by atoms with Crippen LogP contribution < -0.4 is 10.6 Å². The summed E-state index contributed by atoms with van der Waals surface area (Å²) in [5.41, 5.74) is 1.08. The van der Waals surface area contributed by atoms with Crippen LogP contribution in [0.3, 0.4) is 0 Å². The molecule has 2 amide bonds. The van der Waals surface area contributed by atoms with E-state index in [9.17, 15) is 9.59 Å². The number of hydrogen-bond donors (Lipinski definition) is 2. The molecule has 1 atom stereocenters. The molecule has 1 aromatic rings. The Morgan fingerprint density at radius 3 is 2.81 bits per heavy atom. The lowest BCUT2D eigenvalue weighted by Gasteiger charge is -2.15. The third kappa shape index (κ3) is 4.04. The first-order valence-corrected chi connectivity index (χ1v) is 7.49. The standard InChI is InChI=1S/C16H23N3O2/c1-3-19(2)16(21)13-7-4-6-12(10-13)15(20)18-11-14-8-5-9-17-14/h4,6-7,10,14,17H,3,5,8-9,11H2,1-2H3,(H,18,20). The van der Waals surface area contributed by atoms with E-state index in [1.54, 1.807) is 36.2 Å². The predicted octanol–water partition coefficient (Wildman–Crippen LogP) is 1.26. The average Bonchev–Trinajstić information content (AvgIpc) is 3.04. The van der Waals surface area contributed by atoms with Gasteiger partial charge in [-0.25, -0.2) is 0 Å². The van der Waals surface area contributed by atoms with Crippen LogP contribution in [-0.2, 0) is 0 Å². The molecule has 0 radical (unpaired) electrons. The SMILES string of the molecule is CCN(C)C(=O)c1cccc(C(=O)NCC2CCCN2)c1. The number of rotatable bonds is 5. The van der Waals surface area contributed by atoms with E-state index < -0.39 is 0 Å². The Bertz CT molecular complexity index is 510. The molecular formula is C16H23N3O2. The van der Waals surface area contributed by atoms with Gasteiger partial charge < -0.3 is 15.5 Å². The summed E-state index contributed by atoms with van der Waals surface area (Å²) in [5.74, 6) is -0.192. The number of carbonyl (C=O) groups excluding carboxylic acids is 2. The topological polar surface area (TPSA) is 61.4 Å². The molecule has 1 fully saturated rings. The van der Waals surface area contributed by atoms with Crippen LogP contribution in [-0.4, -0.2) is 49.4 Å². The van der Waals surface area contributed by atoms with Crippen LogP contribution in [0.4, 0.5) is 0 Å². The zero-order valence-electron chi connectivity index (χ0n) is 12.7. The van der Waals surface area contributed by atoms with Crippen molar-refractivity contribution >= 4 is 11.8 Å². The van der Waals surface area contributed by atoms with Gasteiger partial charge in [0.2, 0.25) is 0 Å². The third-order valence-electron chi connectivity index (χ3n) is 3.86. The Balaban J connectivity index is 1.99. The molecule has 5 heteroatoms. The second-order valence-corrected chi connectivity index (χ2v) is 5.40. The van der Waals surface area contributed by atoms with Crippen molar-refractivity contribution in [2.24, 2.45) is 0 Å². The molecule has 21 heavy (non-hydrogen) atoms. The van der Waals surface area contributed by atoms with Crippen LogP contribution in [0.5, 0.6) is 0 Å². The molecule has 114 valence electrons. The van der Waals surface area contributed by atoms with Crippen molar-refractivity contribution in [3.8, 4) is 0 Å². The lowest BCUT2D eigenvalue weighted by atomic mass is 10.1. The summed E-state index contributed by atoms with van der Waals surface area (Å²) in [4.78, 5) is 25.9. The van der Waals surface area contributed by atoms with Crippen LogP contribution in [0.1, 0.15) is 40.5 Å². The molecule has 1 heterocycles. The van der Waals surface area contributed by atoms with Gasteiger partial charge in [0.15, 0.2) is 0 Å². The van der Waals surface area contributed by atoms with Crippen LogP contribution in [0.15, 0.2) is 24.3 Å². The quantitative estimate of drug-likeness (QED) is 0.858. The molecular weight excluding hydrogens is 266 g/mol. The van der Waals surface area contributed by atoms with Gasteiger partial charge in [0.1, 0.15) is 0 Å². The van der Waals surface area contributed by atoms with Crippen molar-refractivity contribution in [3.05, 3.63) is 35.4 Å². The molecule has 1 saturated heterocycles. The monoisotopic (exact) mass is 289 g/mol. The molecule has 2 N–H and O–H groups in total. The fourth-order valence-electron chi connectivity index (χ4n) is 2.41. The van der Waals surface area contributed by atoms with Crippen LogP contribution in [0.25, 0.3) is 0 Å². The first-order valence-electron chi connectivity index (χ1n) is 7.49. The molecule has 1 aliphatic rings. The van der Waals surface area contributed by atoms with E-state index in [2.05, 4.69) is 10.6 Å². The first kappa shape index (κ1) is 15.5. The second kappa shape index (κ2) is 7.22. The van der Waals surface area contributed by atoms with E-state index in [0.717, 1.165) is 19.4 Å². The highest BCUT2D eigenvalue weighted by atomic mass is 16.2. The summed E-state index contributed by atoms with van der Waals surface area (Å²) in [7, 11) is 1.75. The van der Waals surface area contributed by atoms with Gasteiger partial charge in [0.05, 0.1) is 0 Å². The lowest BCUT2D eigenvalue weighted by molar-refractivity contribution is 0.0802. The van der Waals surface area contributed by atoms with Gasteiger partial charge in [-0.2, -0.15) is 0 Å². The number of nitrogens with one attached hydrogen (secondary N) is 2. The number of amides is 2. The molecule has 1 unspecified atom stereocenters. The molecule has 0 spiro atoms. The molecule has 0 bridgehead atoms. The van der Waals surface area contributed by atoms with Gasteiger partial charge >= 0.3 is 0 Å². The Labute approximate surface area is 125 Å². The van der Waals surface area contributed by atoms with E-state index in [-0.39, 0.29) is 11.8 Å². The Morgan fingerprint density at radius 1 is 1.38 bits per heavy atom. The summed E-state index contributed by atoms with van der Waals surface area (Å²) < 4.78 is 0. The van der Waals surface area contributed by atoms with Crippen LogP contribution in [0, 0.1) is 0 Å². The maximum atomic E-state index is 12.2. The van der Waals surface area contributed by atoms with Crippen molar-refractivity contribution in [2.75, 3.05) is 26.7 Å². The van der Waals surface area contributed by atoms with Gasteiger partial charge in [-0.05, 0) is 44.5 Å². The van der Waals surface area contributed by atoms with Gasteiger partial charge in [0, 0.05) is 37.3 Å². The highest BCUT2D eigenvalue weighted by Crippen LogP contribution is 2.09. The number of carbonyl (C=O) groups is 2. The Morgan fingerprint density at radius 2 is 2.14 bits per heavy atom. The summed E-state index contributed by atoms with van der Waals surface area (Å²) in [6.45, 7) is 4.21. The van der Waals surface area contributed by atoms with Gasteiger partial charge in [-0.1, -0.05) is 6.07 Å². The van der Waals surface area contributed by atoms with E-state index in [0.29, 0.717) is 30.3 Å². The fraction of sp³-hybridized carbons (Fsp3) is 0.500. The molecule has 0 aliphatic carbocycles. The third-order valence-corrected chi connectivity index (χ3v) is 3.86. The first-order chi connectivity index (χ1) is 10.1. The van der Waals surface area contributed by atoms with Crippen molar-refractivity contribution in [3.63, 3.8) is 0 Å². The van der Waals surface area contributed by atoms with Gasteiger partial charge in [-0.15, -0.1) is 0 Å². The maximum Gasteiger partial charge on any atom is 0.253 e. The zero-order valence-corrected chi connectivity index (χ0v) is 12.7. The van der Waals surface area contributed by atoms with E-state index in [4.69, 9.17) is 0 Å². The average molecular weight is 289 g/mol. The Hall–Kier alpha value is -1.88.